The van der Waals surface area contributed by atoms with Gasteiger partial charge in [0.2, 0.25) is 0 Å². The van der Waals surface area contributed by atoms with Gasteiger partial charge in [0.15, 0.2) is 0 Å². The summed E-state index contributed by atoms with van der Waals surface area (Å²) in [6, 6.07) is 6.60. The first-order chi connectivity index (χ1) is 7.98. The average molecular weight is 237 g/mol. The summed E-state index contributed by atoms with van der Waals surface area (Å²) < 4.78 is 13.9. The van der Waals surface area contributed by atoms with Gasteiger partial charge in [-0.3, -0.25) is 0 Å². The van der Waals surface area contributed by atoms with Crippen molar-refractivity contribution in [1.82, 2.24) is 0 Å². The Balaban J connectivity index is 2.14. The summed E-state index contributed by atoms with van der Waals surface area (Å²) in [5.74, 6) is -0.939. The summed E-state index contributed by atoms with van der Waals surface area (Å²) in [6.45, 7) is 2.82. The molecular weight excluding hydrogens is 221 g/mol. The van der Waals surface area contributed by atoms with Crippen LogP contribution < -0.4 is 4.90 Å². The smallest absolute Gasteiger partial charge is 0.335 e. The van der Waals surface area contributed by atoms with E-state index >= 15 is 0 Å². The quantitative estimate of drug-likeness (QED) is 0.859. The van der Waals surface area contributed by atoms with Crippen molar-refractivity contribution in [2.24, 2.45) is 0 Å². The number of anilines is 1. The summed E-state index contributed by atoms with van der Waals surface area (Å²) in [6.07, 6.45) is 1.42. The van der Waals surface area contributed by atoms with E-state index in [0.29, 0.717) is 13.0 Å². The number of carboxylic acids is 1. The Hall–Kier alpha value is -1.58. The van der Waals surface area contributed by atoms with E-state index in [4.69, 9.17) is 5.11 Å². The molecule has 2 rings (SSSR count). The Morgan fingerprint density at radius 2 is 2.06 bits per heavy atom. The van der Waals surface area contributed by atoms with E-state index in [1.54, 1.807) is 31.2 Å². The van der Waals surface area contributed by atoms with Crippen molar-refractivity contribution in [3.63, 3.8) is 0 Å². The predicted molar refractivity (Wildman–Crippen MR) is 64.4 cm³/mol. The lowest BCUT2D eigenvalue weighted by atomic mass is 9.96. The Labute approximate surface area is 99.9 Å². The van der Waals surface area contributed by atoms with Crippen molar-refractivity contribution in [2.75, 3.05) is 18.0 Å². The standard InChI is InChI=1S/C13H16FNO2/c1-13(14)7-2-8-15(9-13)11-5-3-10(4-6-11)12(16)17/h3-6H,2,7-9H2,1H3,(H,16,17). The zero-order valence-corrected chi connectivity index (χ0v) is 9.82. The molecule has 1 saturated heterocycles. The van der Waals surface area contributed by atoms with Gasteiger partial charge in [-0.2, -0.15) is 0 Å². The molecule has 1 fully saturated rings. The van der Waals surface area contributed by atoms with E-state index < -0.39 is 11.6 Å². The van der Waals surface area contributed by atoms with Crippen LogP contribution in [0.3, 0.4) is 0 Å². The molecule has 0 amide bonds. The van der Waals surface area contributed by atoms with E-state index in [2.05, 4.69) is 0 Å². The molecule has 4 heteroatoms. The first-order valence-corrected chi connectivity index (χ1v) is 5.75. The van der Waals surface area contributed by atoms with E-state index in [-0.39, 0.29) is 5.56 Å². The molecule has 0 aromatic heterocycles. The van der Waals surface area contributed by atoms with Gasteiger partial charge in [0, 0.05) is 12.2 Å². The first kappa shape index (κ1) is 11.9. The molecule has 0 aliphatic carbocycles. The number of piperidine rings is 1. The lowest BCUT2D eigenvalue weighted by Crippen LogP contribution is -2.43. The Morgan fingerprint density at radius 3 is 2.59 bits per heavy atom. The number of carbonyl (C=O) groups is 1. The number of hydrogen-bond acceptors (Lipinski definition) is 2. The van der Waals surface area contributed by atoms with Gasteiger partial charge in [0.05, 0.1) is 12.1 Å². The van der Waals surface area contributed by atoms with Crippen LogP contribution in [0.2, 0.25) is 0 Å². The molecule has 0 bridgehead atoms. The van der Waals surface area contributed by atoms with E-state index in [1.807, 2.05) is 4.90 Å². The molecule has 17 heavy (non-hydrogen) atoms. The molecule has 1 aromatic carbocycles. The van der Waals surface area contributed by atoms with Gasteiger partial charge in [-0.15, -0.1) is 0 Å². The van der Waals surface area contributed by atoms with Gasteiger partial charge in [0.25, 0.3) is 0 Å². The van der Waals surface area contributed by atoms with Crippen molar-refractivity contribution in [2.45, 2.75) is 25.4 Å². The molecule has 1 aromatic rings. The van der Waals surface area contributed by atoms with Gasteiger partial charge in [-0.25, -0.2) is 9.18 Å². The fraction of sp³-hybridized carbons (Fsp3) is 0.462. The number of halogens is 1. The van der Waals surface area contributed by atoms with Crippen molar-refractivity contribution in [3.05, 3.63) is 29.8 Å². The predicted octanol–water partition coefficient (Wildman–Crippen LogP) is 2.71. The molecule has 0 saturated carbocycles. The third-order valence-corrected chi connectivity index (χ3v) is 3.13. The average Bonchev–Trinajstić information content (AvgIpc) is 2.28. The zero-order chi connectivity index (χ0) is 12.5. The fourth-order valence-corrected chi connectivity index (χ4v) is 2.23. The summed E-state index contributed by atoms with van der Waals surface area (Å²) in [4.78, 5) is 12.7. The van der Waals surface area contributed by atoms with Gasteiger partial charge in [-0.1, -0.05) is 0 Å². The summed E-state index contributed by atoms with van der Waals surface area (Å²) in [5, 5.41) is 8.80. The molecule has 92 valence electrons. The third-order valence-electron chi connectivity index (χ3n) is 3.13. The number of benzene rings is 1. The maximum Gasteiger partial charge on any atom is 0.335 e. The monoisotopic (exact) mass is 237 g/mol. The Kier molecular flexibility index (Phi) is 3.05. The van der Waals surface area contributed by atoms with E-state index in [1.165, 1.54) is 0 Å². The second-order valence-electron chi connectivity index (χ2n) is 4.79. The normalized spacial score (nSPS) is 24.7. The molecule has 1 aliphatic heterocycles. The minimum Gasteiger partial charge on any atom is -0.478 e. The van der Waals surface area contributed by atoms with Crippen LogP contribution in [0.5, 0.6) is 0 Å². The molecule has 1 heterocycles. The Bertz CT molecular complexity index is 414. The molecule has 1 unspecified atom stereocenters. The van der Waals surface area contributed by atoms with Crippen LogP contribution in [0.15, 0.2) is 24.3 Å². The highest BCUT2D eigenvalue weighted by Crippen LogP contribution is 2.28. The van der Waals surface area contributed by atoms with Gasteiger partial charge in [0.1, 0.15) is 5.67 Å². The van der Waals surface area contributed by atoms with Crippen LogP contribution >= 0.6 is 0 Å². The number of hydrogen-bond donors (Lipinski definition) is 1. The number of alkyl halides is 1. The third kappa shape index (κ3) is 2.75. The molecular formula is C13H16FNO2. The largest absolute Gasteiger partial charge is 0.478 e. The van der Waals surface area contributed by atoms with Crippen LogP contribution in [-0.2, 0) is 0 Å². The van der Waals surface area contributed by atoms with Crippen LogP contribution in [-0.4, -0.2) is 29.8 Å². The zero-order valence-electron chi connectivity index (χ0n) is 9.82. The van der Waals surface area contributed by atoms with Crippen LogP contribution in [0, 0.1) is 0 Å². The van der Waals surface area contributed by atoms with Gasteiger partial charge < -0.3 is 10.0 Å². The van der Waals surface area contributed by atoms with E-state index in [9.17, 15) is 9.18 Å². The molecule has 0 spiro atoms. The van der Waals surface area contributed by atoms with Crippen molar-refractivity contribution in [3.8, 4) is 0 Å². The molecule has 1 N–H and O–H groups in total. The fourth-order valence-electron chi connectivity index (χ4n) is 2.23. The minimum atomic E-state index is -1.15. The topological polar surface area (TPSA) is 40.5 Å². The van der Waals surface area contributed by atoms with Gasteiger partial charge >= 0.3 is 5.97 Å². The SMILES string of the molecule is CC1(F)CCCN(c2ccc(C(=O)O)cc2)C1. The summed E-state index contributed by atoms with van der Waals surface area (Å²) in [5.41, 5.74) is -0.00340. The number of nitrogens with zero attached hydrogens (tertiary/aromatic N) is 1. The van der Waals surface area contributed by atoms with Crippen molar-refractivity contribution < 1.29 is 14.3 Å². The molecule has 3 nitrogen and oxygen atoms in total. The minimum absolute atomic E-state index is 0.258. The van der Waals surface area contributed by atoms with Gasteiger partial charge in [-0.05, 0) is 44.0 Å². The first-order valence-electron chi connectivity index (χ1n) is 5.75. The number of aromatic carboxylic acids is 1. The second kappa shape index (κ2) is 4.35. The van der Waals surface area contributed by atoms with Crippen LogP contribution in [0.25, 0.3) is 0 Å². The van der Waals surface area contributed by atoms with Crippen LogP contribution in [0.4, 0.5) is 10.1 Å². The Morgan fingerprint density at radius 1 is 1.41 bits per heavy atom. The van der Waals surface area contributed by atoms with E-state index in [0.717, 1.165) is 18.7 Å². The molecule has 1 atom stereocenters. The second-order valence-corrected chi connectivity index (χ2v) is 4.79. The maximum absolute atomic E-state index is 13.9. The van der Waals surface area contributed by atoms with Crippen molar-refractivity contribution in [1.29, 1.82) is 0 Å². The van der Waals surface area contributed by atoms with Crippen molar-refractivity contribution >= 4 is 11.7 Å². The maximum atomic E-state index is 13.9. The molecule has 0 radical (unpaired) electrons. The lowest BCUT2D eigenvalue weighted by molar-refractivity contribution is 0.0697. The molecule has 1 aliphatic rings. The lowest BCUT2D eigenvalue weighted by Gasteiger charge is -2.36. The van der Waals surface area contributed by atoms with Crippen LogP contribution in [0.1, 0.15) is 30.1 Å². The summed E-state index contributed by atoms with van der Waals surface area (Å²) in [7, 11) is 0. The number of carboxylic acid groups (broad SMARTS) is 1. The highest BCUT2D eigenvalue weighted by molar-refractivity contribution is 5.88. The summed E-state index contributed by atoms with van der Waals surface area (Å²) >= 11 is 0. The number of rotatable bonds is 2. The highest BCUT2D eigenvalue weighted by atomic mass is 19.1. The highest BCUT2D eigenvalue weighted by Gasteiger charge is 2.30.